The molecule has 4 aromatic rings. The van der Waals surface area contributed by atoms with Gasteiger partial charge in [0, 0.05) is 5.41 Å². The summed E-state index contributed by atoms with van der Waals surface area (Å²) in [6, 6.07) is 16.5. The van der Waals surface area contributed by atoms with E-state index in [9.17, 15) is 20.4 Å². The summed E-state index contributed by atoms with van der Waals surface area (Å²) in [5, 5.41) is 45.6. The van der Waals surface area contributed by atoms with Gasteiger partial charge >= 0.3 is 0 Å². The fourth-order valence-corrected chi connectivity index (χ4v) is 8.44. The SMILES string of the molecule is Cc1cc(O)c(C(C)(C)C)cc1C(C)CC(c1cc(C(C)(C)C)c(O)cc1C)(c1cc(C(C)(C)C)c(O)cc1C)c1cc(C(C)(C)C)c(O)cc1C. The van der Waals surface area contributed by atoms with E-state index in [4.69, 9.17) is 0 Å². The Morgan fingerprint density at radius 3 is 0.904 bits per heavy atom. The van der Waals surface area contributed by atoms with Gasteiger partial charge < -0.3 is 20.4 Å². The van der Waals surface area contributed by atoms with Crippen LogP contribution >= 0.6 is 0 Å². The first-order valence-electron chi connectivity index (χ1n) is 18.9. The van der Waals surface area contributed by atoms with Gasteiger partial charge in [-0.2, -0.15) is 0 Å². The van der Waals surface area contributed by atoms with E-state index in [0.29, 0.717) is 12.2 Å². The van der Waals surface area contributed by atoms with Gasteiger partial charge in [-0.05, 0) is 153 Å². The highest BCUT2D eigenvalue weighted by Crippen LogP contribution is 2.54. The lowest BCUT2D eigenvalue weighted by molar-refractivity contribution is 0.435. The van der Waals surface area contributed by atoms with Gasteiger partial charge in [-0.1, -0.05) is 114 Å². The smallest absolute Gasteiger partial charge is 0.119 e. The fraction of sp³-hybridized carbons (Fsp3) is 0.500. The molecule has 0 bridgehead atoms. The van der Waals surface area contributed by atoms with Crippen molar-refractivity contribution in [2.24, 2.45) is 0 Å². The fourth-order valence-electron chi connectivity index (χ4n) is 8.44. The molecule has 4 heteroatoms. The van der Waals surface area contributed by atoms with Gasteiger partial charge in [0.1, 0.15) is 23.0 Å². The molecule has 1 atom stereocenters. The van der Waals surface area contributed by atoms with Crippen LogP contribution in [0.1, 0.15) is 169 Å². The van der Waals surface area contributed by atoms with Crippen molar-refractivity contribution in [1.82, 2.24) is 0 Å². The Balaban J connectivity index is 2.35. The van der Waals surface area contributed by atoms with Crippen LogP contribution < -0.4 is 0 Å². The molecule has 0 aliphatic carbocycles. The van der Waals surface area contributed by atoms with E-state index in [-0.39, 0.29) is 44.8 Å². The van der Waals surface area contributed by atoms with Crippen LogP contribution in [-0.2, 0) is 27.1 Å². The van der Waals surface area contributed by atoms with Crippen molar-refractivity contribution >= 4 is 0 Å². The molecule has 0 heterocycles. The highest BCUT2D eigenvalue weighted by molar-refractivity contribution is 5.64. The van der Waals surface area contributed by atoms with Crippen molar-refractivity contribution in [3.8, 4) is 23.0 Å². The number of aromatic hydroxyl groups is 4. The second kappa shape index (κ2) is 13.5. The summed E-state index contributed by atoms with van der Waals surface area (Å²) >= 11 is 0. The van der Waals surface area contributed by atoms with Gasteiger partial charge in [-0.25, -0.2) is 0 Å². The quantitative estimate of drug-likeness (QED) is 0.150. The first-order valence-corrected chi connectivity index (χ1v) is 18.9. The van der Waals surface area contributed by atoms with E-state index < -0.39 is 5.41 Å². The minimum absolute atomic E-state index is 0.00873. The number of benzene rings is 4. The van der Waals surface area contributed by atoms with Crippen LogP contribution in [0.4, 0.5) is 0 Å². The number of phenolic OH excluding ortho intramolecular Hbond substituents is 4. The second-order valence-electron chi connectivity index (χ2n) is 19.8. The molecule has 282 valence electrons. The van der Waals surface area contributed by atoms with E-state index in [1.54, 1.807) is 0 Å². The third kappa shape index (κ3) is 7.59. The molecular weight excluding hydrogens is 641 g/mol. The number of hydrogen-bond acceptors (Lipinski definition) is 4. The van der Waals surface area contributed by atoms with Crippen molar-refractivity contribution in [1.29, 1.82) is 0 Å². The van der Waals surface area contributed by atoms with Crippen LogP contribution in [0.3, 0.4) is 0 Å². The molecular formula is C48H66O4. The lowest BCUT2D eigenvalue weighted by Crippen LogP contribution is -2.35. The highest BCUT2D eigenvalue weighted by Gasteiger charge is 2.44. The maximum absolute atomic E-state index is 11.5. The van der Waals surface area contributed by atoms with Gasteiger partial charge in [-0.3, -0.25) is 0 Å². The number of phenols is 4. The van der Waals surface area contributed by atoms with E-state index >= 15 is 0 Å². The monoisotopic (exact) mass is 706 g/mol. The first-order chi connectivity index (χ1) is 23.5. The highest BCUT2D eigenvalue weighted by atomic mass is 16.3. The Bertz CT molecular complexity index is 1820. The van der Waals surface area contributed by atoms with E-state index in [1.165, 1.54) is 5.56 Å². The zero-order valence-corrected chi connectivity index (χ0v) is 35.2. The van der Waals surface area contributed by atoms with Crippen molar-refractivity contribution in [2.45, 2.75) is 157 Å². The molecule has 4 N–H and O–H groups in total. The third-order valence-corrected chi connectivity index (χ3v) is 11.2. The summed E-state index contributed by atoms with van der Waals surface area (Å²) in [7, 11) is 0. The largest absolute Gasteiger partial charge is 0.508 e. The van der Waals surface area contributed by atoms with Crippen molar-refractivity contribution in [2.75, 3.05) is 0 Å². The van der Waals surface area contributed by atoms with Crippen LogP contribution in [0.15, 0.2) is 48.5 Å². The summed E-state index contributed by atoms with van der Waals surface area (Å²) in [6.07, 6.45) is 0.641. The summed E-state index contributed by atoms with van der Waals surface area (Å²) in [4.78, 5) is 0. The molecule has 0 aromatic heterocycles. The predicted octanol–water partition coefficient (Wildman–Crippen LogP) is 12.5. The molecule has 4 nitrogen and oxygen atoms in total. The molecule has 0 aliphatic rings. The average molecular weight is 707 g/mol. The summed E-state index contributed by atoms with van der Waals surface area (Å²) in [5.74, 6) is 1.12. The van der Waals surface area contributed by atoms with Crippen LogP contribution in [0.2, 0.25) is 0 Å². The summed E-state index contributed by atoms with van der Waals surface area (Å²) in [5.41, 5.74) is 9.71. The van der Waals surface area contributed by atoms with Crippen LogP contribution in [0, 0.1) is 27.7 Å². The molecule has 0 aliphatic heterocycles. The van der Waals surface area contributed by atoms with Gasteiger partial charge in [0.2, 0.25) is 0 Å². The van der Waals surface area contributed by atoms with Gasteiger partial charge in [0.15, 0.2) is 0 Å². The molecule has 0 radical (unpaired) electrons. The molecule has 1 unspecified atom stereocenters. The zero-order valence-electron chi connectivity index (χ0n) is 35.2. The average Bonchev–Trinajstić information content (AvgIpc) is 2.93. The maximum atomic E-state index is 11.5. The van der Waals surface area contributed by atoms with Crippen LogP contribution in [-0.4, -0.2) is 20.4 Å². The second-order valence-corrected chi connectivity index (χ2v) is 19.8. The van der Waals surface area contributed by atoms with E-state index in [2.05, 4.69) is 142 Å². The molecule has 4 aromatic carbocycles. The summed E-state index contributed by atoms with van der Waals surface area (Å²) in [6.45, 7) is 36.2. The minimum Gasteiger partial charge on any atom is -0.508 e. The Morgan fingerprint density at radius 1 is 0.385 bits per heavy atom. The standard InChI is InChI=1S/C48H66O4/c1-27-18-40(49)36(44(6,7)8)22-32(27)31(5)26-48(33-23-37(45(9,10)11)41(50)19-28(33)2,34-24-38(46(12,13)14)42(51)20-29(34)3)35-25-39(47(15,16)17)43(52)21-30(35)4/h18-25,31,49-52H,26H2,1-17H3. The Kier molecular flexibility index (Phi) is 10.6. The third-order valence-electron chi connectivity index (χ3n) is 11.2. The molecule has 0 saturated carbocycles. The van der Waals surface area contributed by atoms with Gasteiger partial charge in [0.05, 0.1) is 0 Å². The van der Waals surface area contributed by atoms with E-state index in [0.717, 1.165) is 61.2 Å². The Morgan fingerprint density at radius 2 is 0.635 bits per heavy atom. The number of aryl methyl sites for hydroxylation is 4. The lowest BCUT2D eigenvalue weighted by Gasteiger charge is -2.43. The van der Waals surface area contributed by atoms with E-state index in [1.807, 2.05) is 24.3 Å². The number of rotatable bonds is 6. The van der Waals surface area contributed by atoms with Crippen molar-refractivity contribution in [3.63, 3.8) is 0 Å². The normalized spacial score (nSPS) is 13.8. The number of hydrogen-bond donors (Lipinski definition) is 4. The molecule has 0 amide bonds. The van der Waals surface area contributed by atoms with Gasteiger partial charge in [0.25, 0.3) is 0 Å². The molecule has 0 spiro atoms. The molecule has 52 heavy (non-hydrogen) atoms. The maximum Gasteiger partial charge on any atom is 0.119 e. The van der Waals surface area contributed by atoms with Crippen LogP contribution in [0.25, 0.3) is 0 Å². The van der Waals surface area contributed by atoms with Gasteiger partial charge in [-0.15, -0.1) is 0 Å². The molecule has 0 saturated heterocycles. The minimum atomic E-state index is -0.807. The summed E-state index contributed by atoms with van der Waals surface area (Å²) < 4.78 is 0. The Labute approximate surface area is 315 Å². The Hall–Kier alpha value is -3.92. The topological polar surface area (TPSA) is 80.9 Å². The molecule has 0 fully saturated rings. The first kappa shape index (κ1) is 40.8. The zero-order chi connectivity index (χ0) is 39.7. The van der Waals surface area contributed by atoms with Crippen molar-refractivity contribution in [3.05, 3.63) is 115 Å². The lowest BCUT2D eigenvalue weighted by atomic mass is 9.59. The van der Waals surface area contributed by atoms with Crippen LogP contribution in [0.5, 0.6) is 23.0 Å². The molecule has 4 rings (SSSR count). The van der Waals surface area contributed by atoms with Crippen molar-refractivity contribution < 1.29 is 20.4 Å². The predicted molar refractivity (Wildman–Crippen MR) is 219 cm³/mol.